The van der Waals surface area contributed by atoms with Gasteiger partial charge in [0, 0.05) is 40.7 Å². The highest BCUT2D eigenvalue weighted by molar-refractivity contribution is 8.03. The fourth-order valence-corrected chi connectivity index (χ4v) is 3.91. The van der Waals surface area contributed by atoms with Crippen LogP contribution in [0, 0.1) is 0 Å². The van der Waals surface area contributed by atoms with E-state index in [0.717, 1.165) is 33.8 Å². The van der Waals surface area contributed by atoms with E-state index in [2.05, 4.69) is 14.8 Å². The predicted octanol–water partition coefficient (Wildman–Crippen LogP) is 5.51. The lowest BCUT2D eigenvalue weighted by molar-refractivity contribution is -0.131. The number of hydrogen-bond acceptors (Lipinski definition) is 5. The Labute approximate surface area is 182 Å². The van der Waals surface area contributed by atoms with Crippen LogP contribution in [0.25, 0.3) is 17.0 Å². The maximum Gasteiger partial charge on any atom is 0.342 e. The van der Waals surface area contributed by atoms with E-state index in [1.807, 2.05) is 61.7 Å². The van der Waals surface area contributed by atoms with Gasteiger partial charge < -0.3 is 14.1 Å². The van der Waals surface area contributed by atoms with E-state index < -0.39 is 5.97 Å². The summed E-state index contributed by atoms with van der Waals surface area (Å²) >= 11 is 6.94. The van der Waals surface area contributed by atoms with E-state index in [4.69, 9.17) is 16.0 Å². The number of aryl methyl sites for hydroxylation is 1. The zero-order valence-electron chi connectivity index (χ0n) is 16.1. The molecule has 0 atom stereocenters. The first kappa shape index (κ1) is 20.3. The number of rotatable bonds is 7. The van der Waals surface area contributed by atoms with Crippen LogP contribution in [0.4, 0.5) is 0 Å². The number of carboxylic acids is 1. The third-order valence-electron chi connectivity index (χ3n) is 4.53. The van der Waals surface area contributed by atoms with E-state index in [0.29, 0.717) is 23.9 Å². The molecule has 0 amide bonds. The van der Waals surface area contributed by atoms with Crippen LogP contribution >= 0.6 is 23.4 Å². The van der Waals surface area contributed by atoms with Crippen molar-refractivity contribution in [3.8, 4) is 0 Å². The molecule has 30 heavy (non-hydrogen) atoms. The second-order valence-electron chi connectivity index (χ2n) is 6.59. The second kappa shape index (κ2) is 8.77. The third kappa shape index (κ3) is 4.42. The van der Waals surface area contributed by atoms with Crippen molar-refractivity contribution >= 4 is 46.3 Å². The lowest BCUT2D eigenvalue weighted by Gasteiger charge is -2.05. The molecule has 0 saturated heterocycles. The van der Waals surface area contributed by atoms with Crippen LogP contribution in [0.15, 0.2) is 69.3 Å². The summed E-state index contributed by atoms with van der Waals surface area (Å²) in [5, 5.41) is 19.4. The van der Waals surface area contributed by atoms with Crippen molar-refractivity contribution in [2.45, 2.75) is 25.1 Å². The summed E-state index contributed by atoms with van der Waals surface area (Å²) in [6, 6.07) is 15.6. The van der Waals surface area contributed by atoms with Gasteiger partial charge in [-0.25, -0.2) is 4.79 Å². The Kier molecular flexibility index (Phi) is 5.92. The molecule has 0 saturated carbocycles. The molecule has 0 aliphatic rings. The molecule has 152 valence electrons. The van der Waals surface area contributed by atoms with Crippen LogP contribution in [0.1, 0.15) is 23.9 Å². The van der Waals surface area contributed by atoms with Gasteiger partial charge in [-0.1, -0.05) is 48.9 Å². The van der Waals surface area contributed by atoms with Crippen molar-refractivity contribution in [3.63, 3.8) is 0 Å². The maximum absolute atomic E-state index is 11.9. The quantitative estimate of drug-likeness (QED) is 0.302. The predicted molar refractivity (Wildman–Crippen MR) is 118 cm³/mol. The van der Waals surface area contributed by atoms with Crippen LogP contribution in [-0.4, -0.2) is 25.8 Å². The number of carbonyl (C=O) groups is 1. The number of aliphatic carboxylic acids is 1. The molecule has 0 aliphatic carbocycles. The Balaban J connectivity index is 1.71. The molecule has 4 aromatic rings. The molecule has 0 bridgehead atoms. The van der Waals surface area contributed by atoms with Gasteiger partial charge in [0.15, 0.2) is 0 Å². The Bertz CT molecular complexity index is 1230. The first-order valence-electron chi connectivity index (χ1n) is 9.31. The molecular formula is C22H18ClN3O3S. The highest BCUT2D eigenvalue weighted by Crippen LogP contribution is 2.31. The van der Waals surface area contributed by atoms with Gasteiger partial charge in [-0.2, -0.15) is 0 Å². The monoisotopic (exact) mass is 439 g/mol. The molecule has 6 nitrogen and oxygen atoms in total. The van der Waals surface area contributed by atoms with E-state index in [-0.39, 0.29) is 10.1 Å². The number of fused-ring (bicyclic) bond motifs is 1. The molecule has 2 aromatic carbocycles. The maximum atomic E-state index is 11.9. The largest absolute Gasteiger partial charge is 0.477 e. The highest BCUT2D eigenvalue weighted by atomic mass is 35.5. The molecule has 0 unspecified atom stereocenters. The normalized spacial score (nSPS) is 11.9. The number of aromatic nitrogens is 3. The molecule has 0 fully saturated rings. The van der Waals surface area contributed by atoms with Gasteiger partial charge in [0.1, 0.15) is 4.91 Å². The zero-order valence-corrected chi connectivity index (χ0v) is 17.7. The fraction of sp³-hybridized carbons (Fsp3) is 0.136. The van der Waals surface area contributed by atoms with Crippen molar-refractivity contribution < 1.29 is 14.3 Å². The van der Waals surface area contributed by atoms with Gasteiger partial charge in [0.05, 0.1) is 0 Å². The smallest absolute Gasteiger partial charge is 0.342 e. The van der Waals surface area contributed by atoms with Crippen LogP contribution in [-0.2, 0) is 17.8 Å². The molecule has 8 heteroatoms. The van der Waals surface area contributed by atoms with Gasteiger partial charge in [0.2, 0.25) is 5.89 Å². The molecular weight excluding hydrogens is 422 g/mol. The highest BCUT2D eigenvalue weighted by Gasteiger charge is 2.16. The Morgan fingerprint density at radius 3 is 2.67 bits per heavy atom. The van der Waals surface area contributed by atoms with Gasteiger partial charge in [-0.3, -0.25) is 0 Å². The summed E-state index contributed by atoms with van der Waals surface area (Å²) < 4.78 is 7.55. The van der Waals surface area contributed by atoms with Crippen LogP contribution in [0.2, 0.25) is 5.02 Å². The minimum atomic E-state index is -1.05. The van der Waals surface area contributed by atoms with E-state index in [9.17, 15) is 9.90 Å². The zero-order chi connectivity index (χ0) is 21.1. The van der Waals surface area contributed by atoms with Gasteiger partial charge in [-0.15, -0.1) is 10.2 Å². The summed E-state index contributed by atoms with van der Waals surface area (Å²) in [7, 11) is 0. The van der Waals surface area contributed by atoms with E-state index in [1.165, 1.54) is 0 Å². The second-order valence-corrected chi connectivity index (χ2v) is 8.02. The number of thioether (sulfide) groups is 1. The average molecular weight is 440 g/mol. The molecule has 0 radical (unpaired) electrons. The van der Waals surface area contributed by atoms with Crippen LogP contribution in [0.3, 0.4) is 0 Å². The Hall–Kier alpha value is -3.03. The van der Waals surface area contributed by atoms with E-state index in [1.54, 1.807) is 6.08 Å². The molecule has 0 aliphatic heterocycles. The number of benzene rings is 2. The lowest BCUT2D eigenvalue weighted by Crippen LogP contribution is -1.98. The number of halogens is 1. The van der Waals surface area contributed by atoms with Crippen molar-refractivity contribution in [2.75, 3.05) is 0 Å². The van der Waals surface area contributed by atoms with Crippen LogP contribution < -0.4 is 0 Å². The van der Waals surface area contributed by atoms with Gasteiger partial charge >= 0.3 is 5.97 Å². The summed E-state index contributed by atoms with van der Waals surface area (Å²) in [6.45, 7) is 2.54. The SMILES string of the molecule is CCc1nnc(S/C(=C\c2cn(Cc3ccc(Cl)cc3)c3ccccc23)C(=O)O)o1. The minimum absolute atomic E-state index is 0.107. The van der Waals surface area contributed by atoms with Gasteiger partial charge in [0.25, 0.3) is 5.22 Å². The molecule has 2 aromatic heterocycles. The summed E-state index contributed by atoms with van der Waals surface area (Å²) in [5.41, 5.74) is 2.92. The molecule has 2 heterocycles. The Morgan fingerprint density at radius 2 is 1.97 bits per heavy atom. The molecule has 4 rings (SSSR count). The Morgan fingerprint density at radius 1 is 1.20 bits per heavy atom. The van der Waals surface area contributed by atoms with Crippen molar-refractivity contribution in [1.29, 1.82) is 0 Å². The van der Waals surface area contributed by atoms with Crippen LogP contribution in [0.5, 0.6) is 0 Å². The van der Waals surface area contributed by atoms with E-state index >= 15 is 0 Å². The van der Waals surface area contributed by atoms with Gasteiger partial charge in [-0.05, 0) is 41.6 Å². The topological polar surface area (TPSA) is 81.2 Å². The third-order valence-corrected chi connectivity index (χ3v) is 5.63. The number of para-hydroxylation sites is 1. The van der Waals surface area contributed by atoms with Crippen molar-refractivity contribution in [1.82, 2.24) is 14.8 Å². The standard InChI is InChI=1S/C22H18ClN3O3S/c1-2-20-24-25-22(29-20)30-19(21(27)28)11-15-13-26(18-6-4-3-5-17(15)18)12-14-7-9-16(23)10-8-14/h3-11,13H,2,12H2,1H3,(H,27,28)/b19-11-. The lowest BCUT2D eigenvalue weighted by atomic mass is 10.1. The summed E-state index contributed by atoms with van der Waals surface area (Å²) in [4.78, 5) is 12.0. The fourth-order valence-electron chi connectivity index (χ4n) is 3.10. The van der Waals surface area contributed by atoms with Crippen molar-refractivity contribution in [3.05, 3.63) is 81.7 Å². The molecule has 0 spiro atoms. The first-order valence-corrected chi connectivity index (χ1v) is 10.5. The number of carboxylic acid groups (broad SMARTS) is 1. The molecule has 1 N–H and O–H groups in total. The number of hydrogen-bond donors (Lipinski definition) is 1. The number of nitrogens with zero attached hydrogens (tertiary/aromatic N) is 3. The minimum Gasteiger partial charge on any atom is -0.477 e. The first-order chi connectivity index (χ1) is 14.5. The van der Waals surface area contributed by atoms with Crippen molar-refractivity contribution in [2.24, 2.45) is 0 Å². The average Bonchev–Trinajstić information content (AvgIpc) is 3.34. The summed E-state index contributed by atoms with van der Waals surface area (Å²) in [6.07, 6.45) is 4.19. The summed E-state index contributed by atoms with van der Waals surface area (Å²) in [5.74, 6) is -0.576.